The number of hydrogen-bond donors (Lipinski definition) is 2. The molecule has 0 atom stereocenters. The van der Waals surface area contributed by atoms with E-state index in [0.717, 1.165) is 11.6 Å². The van der Waals surface area contributed by atoms with E-state index in [2.05, 4.69) is 5.10 Å². The van der Waals surface area contributed by atoms with Crippen LogP contribution in [0.5, 0.6) is 0 Å². The largest absolute Gasteiger partial charge is 0.477 e. The Morgan fingerprint density at radius 3 is 2.62 bits per heavy atom. The fraction of sp³-hybridized carbons (Fsp3) is 0.0909. The minimum Gasteiger partial charge on any atom is -0.477 e. The highest BCUT2D eigenvalue weighted by Crippen LogP contribution is 2.10. The van der Waals surface area contributed by atoms with Crippen molar-refractivity contribution in [1.29, 1.82) is 0 Å². The number of aromatic nitrogens is 2. The Morgan fingerprint density at radius 2 is 2.06 bits per heavy atom. The van der Waals surface area contributed by atoms with Gasteiger partial charge < -0.3 is 5.11 Å². The molecular weight excluding hydrogens is 208 g/mol. The number of aromatic carboxylic acids is 1. The second-order valence-electron chi connectivity index (χ2n) is 3.44. The minimum atomic E-state index is -1.15. The first-order chi connectivity index (χ1) is 7.59. The van der Waals surface area contributed by atoms with Crippen molar-refractivity contribution in [3.63, 3.8) is 0 Å². The van der Waals surface area contributed by atoms with Gasteiger partial charge >= 0.3 is 5.97 Å². The van der Waals surface area contributed by atoms with Gasteiger partial charge in [-0.2, -0.15) is 0 Å². The van der Waals surface area contributed by atoms with Gasteiger partial charge in [-0.3, -0.25) is 9.89 Å². The summed E-state index contributed by atoms with van der Waals surface area (Å²) >= 11 is 0. The summed E-state index contributed by atoms with van der Waals surface area (Å²) in [4.78, 5) is 22.3. The third kappa shape index (κ3) is 1.63. The van der Waals surface area contributed by atoms with Crippen molar-refractivity contribution < 1.29 is 9.90 Å². The van der Waals surface area contributed by atoms with Crippen molar-refractivity contribution in [3.8, 4) is 5.69 Å². The molecule has 2 aromatic rings. The van der Waals surface area contributed by atoms with Crippen LogP contribution in [0.3, 0.4) is 0 Å². The number of carboxylic acid groups (broad SMARTS) is 1. The van der Waals surface area contributed by atoms with E-state index in [9.17, 15) is 9.59 Å². The van der Waals surface area contributed by atoms with Gasteiger partial charge in [0.15, 0.2) is 0 Å². The quantitative estimate of drug-likeness (QED) is 0.794. The lowest BCUT2D eigenvalue weighted by Crippen LogP contribution is -2.14. The van der Waals surface area contributed by atoms with Crippen LogP contribution in [0.25, 0.3) is 5.69 Å². The van der Waals surface area contributed by atoms with Crippen LogP contribution in [0.2, 0.25) is 0 Å². The molecule has 2 rings (SSSR count). The van der Waals surface area contributed by atoms with Gasteiger partial charge in [-0.1, -0.05) is 18.2 Å². The number of para-hydroxylation sites is 1. The zero-order valence-electron chi connectivity index (χ0n) is 8.60. The molecular formula is C11H10N2O3. The second-order valence-corrected chi connectivity index (χ2v) is 3.44. The first kappa shape index (κ1) is 10.2. The zero-order chi connectivity index (χ0) is 11.7. The molecule has 0 unspecified atom stereocenters. The Balaban J connectivity index is 2.61. The molecule has 16 heavy (non-hydrogen) atoms. The molecule has 0 saturated carbocycles. The van der Waals surface area contributed by atoms with Gasteiger partial charge in [0, 0.05) is 6.07 Å². The molecule has 2 N–H and O–H groups in total. The lowest BCUT2D eigenvalue weighted by molar-refractivity contribution is 0.0690. The summed E-state index contributed by atoms with van der Waals surface area (Å²) < 4.78 is 1.22. The van der Waals surface area contributed by atoms with Gasteiger partial charge in [0.25, 0.3) is 5.56 Å². The molecule has 0 fully saturated rings. The summed E-state index contributed by atoms with van der Waals surface area (Å²) in [7, 11) is 0. The third-order valence-corrected chi connectivity index (χ3v) is 2.31. The maximum Gasteiger partial charge on any atom is 0.353 e. The predicted octanol–water partition coefficient (Wildman–Crippen LogP) is 1.17. The Morgan fingerprint density at radius 1 is 1.38 bits per heavy atom. The smallest absolute Gasteiger partial charge is 0.353 e. The van der Waals surface area contributed by atoms with E-state index in [1.54, 1.807) is 12.1 Å². The van der Waals surface area contributed by atoms with Crippen LogP contribution in [0.1, 0.15) is 16.1 Å². The monoisotopic (exact) mass is 218 g/mol. The van der Waals surface area contributed by atoms with E-state index in [0.29, 0.717) is 5.69 Å². The standard InChI is InChI=1S/C11H10N2O3/c1-7-4-2-3-5-9(7)13-10(14)6-8(12-13)11(15)16/h2-6,12H,1H3,(H,15,16). The Bertz CT molecular complexity index is 595. The normalized spacial score (nSPS) is 10.3. The minimum absolute atomic E-state index is 0.117. The van der Waals surface area contributed by atoms with E-state index < -0.39 is 5.97 Å². The maximum atomic E-state index is 11.6. The molecule has 0 spiro atoms. The SMILES string of the molecule is Cc1ccccc1-n1[nH]c(C(=O)O)cc1=O. The van der Waals surface area contributed by atoms with Crippen LogP contribution in [0.4, 0.5) is 0 Å². The molecule has 0 bridgehead atoms. The van der Waals surface area contributed by atoms with Crippen molar-refractivity contribution in [2.45, 2.75) is 6.92 Å². The summed E-state index contributed by atoms with van der Waals surface area (Å²) in [5.41, 5.74) is 1.04. The van der Waals surface area contributed by atoms with Gasteiger partial charge in [0.2, 0.25) is 0 Å². The zero-order valence-corrected chi connectivity index (χ0v) is 8.60. The Kier molecular flexibility index (Phi) is 2.36. The van der Waals surface area contributed by atoms with Gasteiger partial charge in [-0.05, 0) is 18.6 Å². The van der Waals surface area contributed by atoms with Crippen LogP contribution in [-0.2, 0) is 0 Å². The summed E-state index contributed by atoms with van der Waals surface area (Å²) in [6.07, 6.45) is 0. The number of nitrogens with one attached hydrogen (secondary N) is 1. The number of hydrogen-bond acceptors (Lipinski definition) is 2. The molecule has 5 nitrogen and oxygen atoms in total. The summed E-state index contributed by atoms with van der Waals surface area (Å²) in [6, 6.07) is 8.30. The average Bonchev–Trinajstić information content (AvgIpc) is 2.61. The Labute approximate surface area is 90.9 Å². The maximum absolute atomic E-state index is 11.6. The Hall–Kier alpha value is -2.30. The van der Waals surface area contributed by atoms with Crippen LogP contribution in [0, 0.1) is 6.92 Å². The summed E-state index contributed by atoms with van der Waals surface area (Å²) in [5, 5.41) is 11.3. The highest BCUT2D eigenvalue weighted by atomic mass is 16.4. The molecule has 0 aliphatic rings. The third-order valence-electron chi connectivity index (χ3n) is 2.31. The van der Waals surface area contributed by atoms with Gasteiger partial charge in [0.1, 0.15) is 5.69 Å². The molecule has 0 amide bonds. The first-order valence-corrected chi connectivity index (χ1v) is 4.71. The van der Waals surface area contributed by atoms with Crippen LogP contribution >= 0.6 is 0 Å². The number of benzene rings is 1. The van der Waals surface area contributed by atoms with Crippen molar-refractivity contribution in [1.82, 2.24) is 9.78 Å². The molecule has 0 radical (unpaired) electrons. The highest BCUT2D eigenvalue weighted by molar-refractivity contribution is 5.85. The van der Waals surface area contributed by atoms with Gasteiger partial charge in [-0.15, -0.1) is 0 Å². The number of aromatic amines is 1. The van der Waals surface area contributed by atoms with Crippen molar-refractivity contribution in [2.75, 3.05) is 0 Å². The fourth-order valence-corrected chi connectivity index (χ4v) is 1.50. The molecule has 82 valence electrons. The van der Waals surface area contributed by atoms with E-state index in [-0.39, 0.29) is 11.3 Å². The molecule has 0 saturated heterocycles. The number of aryl methyl sites for hydroxylation is 1. The van der Waals surface area contributed by atoms with E-state index in [4.69, 9.17) is 5.11 Å². The van der Waals surface area contributed by atoms with Crippen molar-refractivity contribution >= 4 is 5.97 Å². The number of carbonyl (C=O) groups is 1. The summed E-state index contributed by atoms with van der Waals surface area (Å²) in [5.74, 6) is -1.15. The molecule has 5 heteroatoms. The van der Waals surface area contributed by atoms with Crippen LogP contribution < -0.4 is 5.56 Å². The van der Waals surface area contributed by atoms with Gasteiger partial charge in [-0.25, -0.2) is 9.48 Å². The number of nitrogens with zero attached hydrogens (tertiary/aromatic N) is 1. The molecule has 1 aromatic heterocycles. The van der Waals surface area contributed by atoms with Crippen LogP contribution in [-0.4, -0.2) is 20.9 Å². The molecule has 0 aliphatic heterocycles. The highest BCUT2D eigenvalue weighted by Gasteiger charge is 2.11. The van der Waals surface area contributed by atoms with Crippen molar-refractivity contribution in [2.24, 2.45) is 0 Å². The summed E-state index contributed by atoms with van der Waals surface area (Å²) in [6.45, 7) is 1.85. The molecule has 1 aromatic carbocycles. The predicted molar refractivity (Wildman–Crippen MR) is 58.1 cm³/mol. The lowest BCUT2D eigenvalue weighted by atomic mass is 10.2. The lowest BCUT2D eigenvalue weighted by Gasteiger charge is -2.04. The fourth-order valence-electron chi connectivity index (χ4n) is 1.50. The number of carboxylic acids is 1. The van der Waals surface area contributed by atoms with Crippen LogP contribution in [0.15, 0.2) is 35.1 Å². The van der Waals surface area contributed by atoms with Crippen molar-refractivity contribution in [3.05, 3.63) is 51.9 Å². The number of rotatable bonds is 2. The van der Waals surface area contributed by atoms with E-state index in [1.807, 2.05) is 19.1 Å². The second kappa shape index (κ2) is 3.69. The molecule has 0 aliphatic carbocycles. The van der Waals surface area contributed by atoms with Gasteiger partial charge in [0.05, 0.1) is 5.69 Å². The van der Waals surface area contributed by atoms with E-state index in [1.165, 1.54) is 4.68 Å². The number of H-pyrrole nitrogens is 1. The topological polar surface area (TPSA) is 75.1 Å². The van der Waals surface area contributed by atoms with E-state index >= 15 is 0 Å². The molecule has 1 heterocycles. The average molecular weight is 218 g/mol. The first-order valence-electron chi connectivity index (χ1n) is 4.71.